The normalized spacial score (nSPS) is 46.0. The molecule has 0 aromatic carbocycles. The molecule has 0 amide bonds. The van der Waals surface area contributed by atoms with Crippen LogP contribution in [0.3, 0.4) is 0 Å². The van der Waals surface area contributed by atoms with Gasteiger partial charge in [-0.25, -0.2) is 0 Å². The van der Waals surface area contributed by atoms with E-state index in [-0.39, 0.29) is 17.6 Å². The lowest BCUT2D eigenvalue weighted by Crippen LogP contribution is -2.39. The lowest BCUT2D eigenvalue weighted by atomic mass is 9.74. The minimum absolute atomic E-state index is 0.133. The van der Waals surface area contributed by atoms with Crippen LogP contribution in [0.15, 0.2) is 0 Å². The zero-order valence-electron chi connectivity index (χ0n) is 7.37. The third-order valence-corrected chi connectivity index (χ3v) is 2.94. The maximum absolute atomic E-state index is 11.4. The third-order valence-electron chi connectivity index (χ3n) is 2.94. The number of hydrogen-bond donors (Lipinski definition) is 1. The highest BCUT2D eigenvalue weighted by Gasteiger charge is 2.35. The topological polar surface area (TPSA) is 37.3 Å². The van der Waals surface area contributed by atoms with Crippen LogP contribution in [0.1, 0.15) is 27.2 Å². The van der Waals surface area contributed by atoms with Gasteiger partial charge in [0, 0.05) is 11.8 Å². The molecule has 64 valence electrons. The fourth-order valence-electron chi connectivity index (χ4n) is 1.67. The monoisotopic (exact) mass is 156 g/mol. The van der Waals surface area contributed by atoms with Crippen LogP contribution in [-0.4, -0.2) is 17.0 Å². The molecule has 0 bridgehead atoms. The second kappa shape index (κ2) is 2.94. The minimum Gasteiger partial charge on any atom is -0.392 e. The maximum Gasteiger partial charge on any atom is 0.141 e. The van der Waals surface area contributed by atoms with Crippen LogP contribution in [0.2, 0.25) is 0 Å². The molecule has 1 N–H and O–H groups in total. The summed E-state index contributed by atoms with van der Waals surface area (Å²) in [7, 11) is 0. The summed E-state index contributed by atoms with van der Waals surface area (Å²) in [6, 6.07) is 0. The zero-order chi connectivity index (χ0) is 8.59. The van der Waals surface area contributed by atoms with Crippen LogP contribution in [-0.2, 0) is 4.79 Å². The summed E-state index contributed by atoms with van der Waals surface area (Å²) in [5.74, 6) is 0.541. The first-order chi connectivity index (χ1) is 5.04. The van der Waals surface area contributed by atoms with Crippen LogP contribution in [0.4, 0.5) is 0 Å². The van der Waals surface area contributed by atoms with Crippen molar-refractivity contribution in [3.05, 3.63) is 0 Å². The molecule has 1 aliphatic carbocycles. The fraction of sp³-hybridized carbons (Fsp3) is 0.889. The van der Waals surface area contributed by atoms with E-state index < -0.39 is 6.10 Å². The van der Waals surface area contributed by atoms with E-state index in [9.17, 15) is 9.90 Å². The molecule has 11 heavy (non-hydrogen) atoms. The number of carbonyl (C=O) groups excluding carboxylic acids is 1. The Morgan fingerprint density at radius 2 is 1.82 bits per heavy atom. The number of aliphatic hydroxyl groups excluding tert-OH is 1. The molecule has 0 heterocycles. The van der Waals surface area contributed by atoms with Crippen LogP contribution in [0.25, 0.3) is 0 Å². The predicted octanol–water partition coefficient (Wildman–Crippen LogP) is 1.23. The van der Waals surface area contributed by atoms with Crippen molar-refractivity contribution in [1.29, 1.82) is 0 Å². The van der Waals surface area contributed by atoms with Crippen molar-refractivity contribution >= 4 is 5.78 Å². The first kappa shape index (κ1) is 8.72. The Labute approximate surface area is 67.6 Å². The Morgan fingerprint density at radius 1 is 1.27 bits per heavy atom. The van der Waals surface area contributed by atoms with Gasteiger partial charge in [-0.15, -0.1) is 0 Å². The summed E-state index contributed by atoms with van der Waals surface area (Å²) in [6.45, 7) is 5.79. The van der Waals surface area contributed by atoms with E-state index in [1.54, 1.807) is 0 Å². The number of rotatable bonds is 0. The Kier molecular flexibility index (Phi) is 2.33. The van der Waals surface area contributed by atoms with Gasteiger partial charge in [0.25, 0.3) is 0 Å². The van der Waals surface area contributed by atoms with Crippen molar-refractivity contribution in [2.24, 2.45) is 17.8 Å². The van der Waals surface area contributed by atoms with Crippen LogP contribution in [0, 0.1) is 17.8 Å². The van der Waals surface area contributed by atoms with E-state index in [1.165, 1.54) is 0 Å². The first-order valence-corrected chi connectivity index (χ1v) is 4.25. The molecular formula is C9H16O2. The van der Waals surface area contributed by atoms with E-state index >= 15 is 0 Å². The highest BCUT2D eigenvalue weighted by molar-refractivity contribution is 5.84. The largest absolute Gasteiger partial charge is 0.392 e. The van der Waals surface area contributed by atoms with Crippen molar-refractivity contribution in [3.8, 4) is 0 Å². The quantitative estimate of drug-likeness (QED) is 0.572. The molecule has 1 fully saturated rings. The van der Waals surface area contributed by atoms with Crippen molar-refractivity contribution in [3.63, 3.8) is 0 Å². The molecule has 2 nitrogen and oxygen atoms in total. The summed E-state index contributed by atoms with van der Waals surface area (Å²) in [5.41, 5.74) is 0. The number of carbonyl (C=O) groups is 1. The van der Waals surface area contributed by atoms with Gasteiger partial charge in [-0.3, -0.25) is 4.79 Å². The Hall–Kier alpha value is -0.370. The number of aliphatic hydroxyl groups is 1. The second-order valence-corrected chi connectivity index (χ2v) is 3.76. The van der Waals surface area contributed by atoms with Gasteiger partial charge < -0.3 is 5.11 Å². The smallest absolute Gasteiger partial charge is 0.141 e. The zero-order valence-corrected chi connectivity index (χ0v) is 7.37. The summed E-state index contributed by atoms with van der Waals surface area (Å²) in [5, 5.41) is 9.42. The lowest BCUT2D eigenvalue weighted by Gasteiger charge is -2.32. The summed E-state index contributed by atoms with van der Waals surface area (Å²) in [6.07, 6.45) is 0.363. The van der Waals surface area contributed by atoms with Gasteiger partial charge >= 0.3 is 0 Å². The molecule has 1 aliphatic rings. The van der Waals surface area contributed by atoms with Gasteiger partial charge in [-0.1, -0.05) is 20.8 Å². The van der Waals surface area contributed by atoms with Gasteiger partial charge in [0.1, 0.15) is 5.78 Å². The molecule has 0 aliphatic heterocycles. The van der Waals surface area contributed by atoms with Crippen LogP contribution in [0.5, 0.6) is 0 Å². The number of Topliss-reactive ketones (excluding diaryl/α,β-unsaturated/α-hetero) is 1. The van der Waals surface area contributed by atoms with E-state index in [2.05, 4.69) is 0 Å². The molecule has 4 atom stereocenters. The van der Waals surface area contributed by atoms with Gasteiger partial charge in [-0.2, -0.15) is 0 Å². The molecule has 0 spiro atoms. The molecule has 0 radical (unpaired) electrons. The minimum atomic E-state index is -0.409. The van der Waals surface area contributed by atoms with Crippen molar-refractivity contribution < 1.29 is 9.90 Å². The average Bonchev–Trinajstić information content (AvgIpc) is 1.97. The first-order valence-electron chi connectivity index (χ1n) is 4.25. The van der Waals surface area contributed by atoms with Gasteiger partial charge in [0.2, 0.25) is 0 Å². The highest BCUT2D eigenvalue weighted by atomic mass is 16.3. The predicted molar refractivity (Wildman–Crippen MR) is 43.1 cm³/mol. The third kappa shape index (κ3) is 1.45. The Morgan fingerprint density at radius 3 is 2.36 bits per heavy atom. The molecule has 4 unspecified atom stereocenters. The summed E-state index contributed by atoms with van der Waals surface area (Å²) < 4.78 is 0. The van der Waals surface area contributed by atoms with Crippen molar-refractivity contribution in [2.45, 2.75) is 33.3 Å². The van der Waals surface area contributed by atoms with E-state index in [0.717, 1.165) is 6.42 Å². The van der Waals surface area contributed by atoms with Gasteiger partial charge in [0.05, 0.1) is 6.10 Å². The highest BCUT2D eigenvalue weighted by Crippen LogP contribution is 2.30. The lowest BCUT2D eigenvalue weighted by molar-refractivity contribution is -0.135. The standard InChI is InChI=1S/C9H16O2/c1-5-4-8(10)7(3)9(11)6(5)2/h5-8,10H,4H2,1-3H3. The van der Waals surface area contributed by atoms with Crippen molar-refractivity contribution in [2.75, 3.05) is 0 Å². The molecule has 0 saturated heterocycles. The molecule has 1 saturated carbocycles. The van der Waals surface area contributed by atoms with E-state index in [4.69, 9.17) is 0 Å². The van der Waals surface area contributed by atoms with E-state index in [0.29, 0.717) is 5.92 Å². The van der Waals surface area contributed by atoms with Crippen molar-refractivity contribution in [1.82, 2.24) is 0 Å². The van der Waals surface area contributed by atoms with Gasteiger partial charge in [0.15, 0.2) is 0 Å². The number of ketones is 1. The molecule has 2 heteroatoms. The second-order valence-electron chi connectivity index (χ2n) is 3.76. The average molecular weight is 156 g/mol. The maximum atomic E-state index is 11.4. The van der Waals surface area contributed by atoms with Crippen LogP contribution < -0.4 is 0 Å². The molecular weight excluding hydrogens is 140 g/mol. The van der Waals surface area contributed by atoms with Gasteiger partial charge in [-0.05, 0) is 12.3 Å². The molecule has 0 aromatic heterocycles. The molecule has 0 aromatic rings. The van der Waals surface area contributed by atoms with E-state index in [1.807, 2.05) is 20.8 Å². The number of hydrogen-bond acceptors (Lipinski definition) is 2. The summed E-state index contributed by atoms with van der Waals surface area (Å²) >= 11 is 0. The Balaban J connectivity index is 2.71. The fourth-order valence-corrected chi connectivity index (χ4v) is 1.67. The Bertz CT molecular complexity index is 149. The van der Waals surface area contributed by atoms with Crippen LogP contribution >= 0.6 is 0 Å². The SMILES string of the molecule is CC1CC(O)C(C)C(=O)C1C. The molecule has 1 rings (SSSR count). The summed E-state index contributed by atoms with van der Waals surface area (Å²) in [4.78, 5) is 11.4.